The van der Waals surface area contributed by atoms with E-state index in [0.29, 0.717) is 18.6 Å². The molecule has 0 fully saturated rings. The second-order valence-electron chi connectivity index (χ2n) is 8.17. The lowest BCUT2D eigenvalue weighted by Gasteiger charge is -2.26. The molecule has 0 bridgehead atoms. The van der Waals surface area contributed by atoms with Crippen molar-refractivity contribution in [3.8, 4) is 0 Å². The maximum Gasteiger partial charge on any atom is 0.326 e. The van der Waals surface area contributed by atoms with Gasteiger partial charge in [0.25, 0.3) is 0 Å². The van der Waals surface area contributed by atoms with E-state index in [1.807, 2.05) is 20.1 Å². The number of rotatable bonds is 17. The van der Waals surface area contributed by atoms with Crippen molar-refractivity contribution in [2.24, 2.45) is 28.1 Å². The van der Waals surface area contributed by atoms with Crippen LogP contribution in [0.2, 0.25) is 0 Å². The molecule has 3 amide bonds. The highest BCUT2D eigenvalue weighted by atomic mass is 32.2. The number of aliphatic carboxylic acids is 1. The summed E-state index contributed by atoms with van der Waals surface area (Å²) in [6, 6.07) is -3.94. The Morgan fingerprint density at radius 3 is 2.03 bits per heavy atom. The van der Waals surface area contributed by atoms with E-state index in [1.54, 1.807) is 0 Å². The summed E-state index contributed by atoms with van der Waals surface area (Å²) in [4.78, 5) is 53.5. The number of nitrogens with one attached hydrogen (secondary N) is 3. The van der Waals surface area contributed by atoms with Crippen LogP contribution in [0.15, 0.2) is 4.99 Å². The monoisotopic (exact) mass is 521 g/mol. The third-order valence-electron chi connectivity index (χ3n) is 4.68. The molecule has 0 radical (unpaired) electrons. The van der Waals surface area contributed by atoms with Crippen molar-refractivity contribution in [3.05, 3.63) is 0 Å². The van der Waals surface area contributed by atoms with Gasteiger partial charge in [0.2, 0.25) is 17.7 Å². The van der Waals surface area contributed by atoms with Gasteiger partial charge in [-0.15, -0.1) is 0 Å². The quantitative estimate of drug-likeness (QED) is 0.0490. The number of carbonyl (C=O) groups is 4. The van der Waals surface area contributed by atoms with E-state index >= 15 is 0 Å². The summed E-state index contributed by atoms with van der Waals surface area (Å²) in [7, 11) is 0. The number of guanidine groups is 1. The lowest BCUT2D eigenvalue weighted by atomic mass is 10.0. The van der Waals surface area contributed by atoms with Crippen molar-refractivity contribution in [1.82, 2.24) is 16.0 Å². The molecule has 12 nitrogen and oxygen atoms in total. The molecular formula is C20H39N7O5S2. The molecular weight excluding hydrogens is 482 g/mol. The molecule has 10 N–H and O–H groups in total. The smallest absolute Gasteiger partial charge is 0.326 e. The molecule has 0 aromatic carbocycles. The highest BCUT2D eigenvalue weighted by Gasteiger charge is 2.30. The van der Waals surface area contributed by atoms with Crippen molar-refractivity contribution in [1.29, 1.82) is 0 Å². The molecule has 0 rings (SSSR count). The number of aliphatic imine (C=N–C) groups is 1. The van der Waals surface area contributed by atoms with E-state index in [4.69, 9.17) is 17.2 Å². The second-order valence-corrected chi connectivity index (χ2v) is 9.52. The largest absolute Gasteiger partial charge is 0.480 e. The van der Waals surface area contributed by atoms with Crippen LogP contribution in [0.1, 0.15) is 39.5 Å². The van der Waals surface area contributed by atoms with Gasteiger partial charge in [-0.25, -0.2) is 4.79 Å². The summed E-state index contributed by atoms with van der Waals surface area (Å²) in [5, 5.41) is 17.2. The van der Waals surface area contributed by atoms with Gasteiger partial charge >= 0.3 is 5.97 Å². The fourth-order valence-corrected chi connectivity index (χ4v) is 3.51. The highest BCUT2D eigenvalue weighted by molar-refractivity contribution is 7.98. The van der Waals surface area contributed by atoms with Crippen LogP contribution in [0.25, 0.3) is 0 Å². The molecule has 0 aliphatic rings. The lowest BCUT2D eigenvalue weighted by Crippen LogP contribution is -2.57. The summed E-state index contributed by atoms with van der Waals surface area (Å²) in [6.07, 6.45) is 2.91. The number of hydrogen-bond acceptors (Lipinski definition) is 8. The van der Waals surface area contributed by atoms with E-state index in [9.17, 15) is 24.3 Å². The van der Waals surface area contributed by atoms with Crippen molar-refractivity contribution < 1.29 is 24.3 Å². The first kappa shape index (κ1) is 31.8. The second kappa shape index (κ2) is 17.3. The van der Waals surface area contributed by atoms with Gasteiger partial charge in [0.05, 0.1) is 6.04 Å². The first-order chi connectivity index (χ1) is 15.9. The molecule has 0 aliphatic heterocycles. The fourth-order valence-electron chi connectivity index (χ4n) is 2.87. The van der Waals surface area contributed by atoms with E-state index in [1.165, 1.54) is 11.8 Å². The van der Waals surface area contributed by atoms with Gasteiger partial charge in [-0.05, 0) is 43.6 Å². The first-order valence-corrected chi connectivity index (χ1v) is 13.0. The Labute approximate surface area is 210 Å². The Morgan fingerprint density at radius 1 is 0.971 bits per heavy atom. The van der Waals surface area contributed by atoms with Gasteiger partial charge in [0.1, 0.15) is 18.1 Å². The van der Waals surface area contributed by atoms with Crippen molar-refractivity contribution >= 4 is 54.0 Å². The van der Waals surface area contributed by atoms with Gasteiger partial charge in [-0.1, -0.05) is 13.8 Å². The van der Waals surface area contributed by atoms with E-state index in [2.05, 4.69) is 33.6 Å². The zero-order chi connectivity index (χ0) is 26.3. The molecule has 0 aliphatic carbocycles. The topological polar surface area (TPSA) is 215 Å². The lowest BCUT2D eigenvalue weighted by molar-refractivity contribution is -0.142. The number of hydrogen-bond donors (Lipinski definition) is 8. The maximum atomic E-state index is 13.0. The molecule has 0 saturated carbocycles. The zero-order valence-electron chi connectivity index (χ0n) is 20.0. The van der Waals surface area contributed by atoms with Gasteiger partial charge in [-0.2, -0.15) is 24.4 Å². The molecule has 0 aromatic heterocycles. The van der Waals surface area contributed by atoms with Crippen LogP contribution in [-0.2, 0) is 19.2 Å². The minimum Gasteiger partial charge on any atom is -0.480 e. The van der Waals surface area contributed by atoms with Crippen LogP contribution < -0.4 is 33.2 Å². The van der Waals surface area contributed by atoms with Crippen LogP contribution in [0, 0.1) is 5.92 Å². The molecule has 0 spiro atoms. The Bertz CT molecular complexity index is 705. The molecule has 4 atom stereocenters. The van der Waals surface area contributed by atoms with Crippen LogP contribution >= 0.6 is 24.4 Å². The molecule has 4 unspecified atom stereocenters. The zero-order valence-corrected chi connectivity index (χ0v) is 21.7. The SMILES string of the molecule is CSCCC(NC(=O)C(N)CS)C(=O)NC(CC(C)C)C(=O)NC(CCCN=C(N)N)C(=O)O. The summed E-state index contributed by atoms with van der Waals surface area (Å²) >= 11 is 5.50. The van der Waals surface area contributed by atoms with Gasteiger partial charge in [0.15, 0.2) is 5.96 Å². The predicted octanol–water partition coefficient (Wildman–Crippen LogP) is -1.36. The predicted molar refractivity (Wildman–Crippen MR) is 138 cm³/mol. The fraction of sp³-hybridized carbons (Fsp3) is 0.750. The highest BCUT2D eigenvalue weighted by Crippen LogP contribution is 2.09. The number of thiol groups is 1. The number of carboxylic acids is 1. The molecule has 196 valence electrons. The van der Waals surface area contributed by atoms with Crippen molar-refractivity contribution in [2.45, 2.75) is 63.7 Å². The minimum atomic E-state index is -1.21. The maximum absolute atomic E-state index is 13.0. The van der Waals surface area contributed by atoms with Crippen molar-refractivity contribution in [3.63, 3.8) is 0 Å². The van der Waals surface area contributed by atoms with Crippen LogP contribution in [0.4, 0.5) is 0 Å². The third kappa shape index (κ3) is 13.5. The van der Waals surface area contributed by atoms with Crippen LogP contribution in [0.5, 0.6) is 0 Å². The first-order valence-electron chi connectivity index (χ1n) is 11.0. The van der Waals surface area contributed by atoms with Gasteiger partial charge in [-0.3, -0.25) is 19.4 Å². The van der Waals surface area contributed by atoms with E-state index in [0.717, 1.165) is 0 Å². The van der Waals surface area contributed by atoms with Gasteiger partial charge in [0, 0.05) is 12.3 Å². The average molecular weight is 522 g/mol. The third-order valence-corrected chi connectivity index (χ3v) is 5.71. The standard InChI is InChI=1S/C20H39N7O5S2/c1-11(2)9-15(18(30)26-14(19(31)32)5-4-7-24-20(22)23)27-17(29)13(6-8-34-3)25-16(28)12(21)10-33/h11-15,33H,4-10,21H2,1-3H3,(H,25,28)(H,26,30)(H,27,29)(H,31,32)(H4,22,23,24). The average Bonchev–Trinajstić information content (AvgIpc) is 2.76. The molecule has 0 aromatic rings. The number of thioether (sulfide) groups is 1. The minimum absolute atomic E-state index is 0.0260. The summed E-state index contributed by atoms with van der Waals surface area (Å²) in [5.41, 5.74) is 16.2. The van der Waals surface area contributed by atoms with E-state index in [-0.39, 0.29) is 37.0 Å². The summed E-state index contributed by atoms with van der Waals surface area (Å²) < 4.78 is 0. The number of carbonyl (C=O) groups excluding carboxylic acids is 3. The van der Waals surface area contributed by atoms with Crippen molar-refractivity contribution in [2.75, 3.05) is 24.3 Å². The molecule has 0 heterocycles. The van der Waals surface area contributed by atoms with Crippen LogP contribution in [-0.4, -0.2) is 83.2 Å². The molecule has 0 saturated heterocycles. The summed E-state index contributed by atoms with van der Waals surface area (Å²) in [5.74, 6) is -2.28. The number of carboxylic acid groups (broad SMARTS) is 1. The number of amides is 3. The Balaban J connectivity index is 5.37. The summed E-state index contributed by atoms with van der Waals surface area (Å²) in [6.45, 7) is 3.96. The number of nitrogens with zero attached hydrogens (tertiary/aromatic N) is 1. The van der Waals surface area contributed by atoms with Gasteiger partial charge < -0.3 is 38.3 Å². The Kier molecular flexibility index (Phi) is 16.2. The Hall–Kier alpha value is -2.19. The van der Waals surface area contributed by atoms with Crippen LogP contribution in [0.3, 0.4) is 0 Å². The molecule has 14 heteroatoms. The molecule has 34 heavy (non-hydrogen) atoms. The normalized spacial score (nSPS) is 14.4. The number of nitrogens with two attached hydrogens (primary N) is 3. The Morgan fingerprint density at radius 2 is 1.53 bits per heavy atom. The van der Waals surface area contributed by atoms with E-state index < -0.39 is 47.9 Å².